The molecule has 27 heavy (non-hydrogen) atoms. The predicted molar refractivity (Wildman–Crippen MR) is 102 cm³/mol. The van der Waals surface area contributed by atoms with E-state index in [-0.39, 0.29) is 17.1 Å². The minimum atomic E-state index is -3.57. The molecule has 0 aliphatic rings. The highest BCUT2D eigenvalue weighted by Crippen LogP contribution is 2.14. The van der Waals surface area contributed by atoms with Crippen molar-refractivity contribution < 1.29 is 22.7 Å². The standard InChI is InChI=1S/C20H23NO5S/c1-14-11-15(2)13-16(12-14)19(22)21-18(20(23)26-3)9-10-27(24,25)17-7-5-4-6-8-17/h4-8,11-13,18H,9-10H2,1-3H3,(H,21,22)/t18-/m1/s1. The SMILES string of the molecule is COC(=O)[C@@H](CCS(=O)(=O)c1ccccc1)NC(=O)c1cc(C)cc(C)c1. The minimum Gasteiger partial charge on any atom is -0.467 e. The van der Waals surface area contributed by atoms with E-state index in [2.05, 4.69) is 5.32 Å². The van der Waals surface area contributed by atoms with Gasteiger partial charge in [0.05, 0.1) is 17.8 Å². The monoisotopic (exact) mass is 389 g/mol. The van der Waals surface area contributed by atoms with Gasteiger partial charge in [0.2, 0.25) is 0 Å². The Balaban J connectivity index is 2.14. The van der Waals surface area contributed by atoms with Gasteiger partial charge in [0.15, 0.2) is 9.84 Å². The van der Waals surface area contributed by atoms with E-state index in [4.69, 9.17) is 4.74 Å². The lowest BCUT2D eigenvalue weighted by Gasteiger charge is -2.17. The summed E-state index contributed by atoms with van der Waals surface area (Å²) in [6.07, 6.45) is -0.0829. The Bertz CT molecular complexity index is 902. The van der Waals surface area contributed by atoms with E-state index in [0.29, 0.717) is 5.56 Å². The van der Waals surface area contributed by atoms with Gasteiger partial charge in [-0.25, -0.2) is 13.2 Å². The van der Waals surface area contributed by atoms with Gasteiger partial charge in [0.1, 0.15) is 6.04 Å². The number of esters is 1. The largest absolute Gasteiger partial charge is 0.467 e. The van der Waals surface area contributed by atoms with Crippen LogP contribution in [0.3, 0.4) is 0 Å². The number of rotatable bonds is 7. The van der Waals surface area contributed by atoms with Crippen LogP contribution in [-0.4, -0.2) is 39.2 Å². The number of sulfone groups is 1. The molecule has 0 bridgehead atoms. The fraction of sp³-hybridized carbons (Fsp3) is 0.300. The van der Waals surface area contributed by atoms with Crippen LogP contribution >= 0.6 is 0 Å². The molecule has 0 aliphatic carbocycles. The molecule has 1 amide bonds. The zero-order valence-corrected chi connectivity index (χ0v) is 16.4. The van der Waals surface area contributed by atoms with Gasteiger partial charge in [0.25, 0.3) is 5.91 Å². The van der Waals surface area contributed by atoms with Crippen LogP contribution in [0.4, 0.5) is 0 Å². The first-order valence-electron chi connectivity index (χ1n) is 8.48. The molecule has 2 aromatic carbocycles. The minimum absolute atomic E-state index is 0.0829. The van der Waals surface area contributed by atoms with Crippen LogP contribution in [0.1, 0.15) is 27.9 Å². The van der Waals surface area contributed by atoms with E-state index in [1.54, 1.807) is 30.3 Å². The van der Waals surface area contributed by atoms with Gasteiger partial charge in [-0.15, -0.1) is 0 Å². The average Bonchev–Trinajstić information content (AvgIpc) is 2.64. The molecular weight excluding hydrogens is 366 g/mol. The average molecular weight is 389 g/mol. The number of hydrogen-bond acceptors (Lipinski definition) is 5. The quantitative estimate of drug-likeness (QED) is 0.735. The summed E-state index contributed by atoms with van der Waals surface area (Å²) < 4.78 is 29.6. The normalized spacial score (nSPS) is 12.3. The Morgan fingerprint density at radius 1 is 1.04 bits per heavy atom. The van der Waals surface area contributed by atoms with Crippen LogP contribution in [0, 0.1) is 13.8 Å². The lowest BCUT2D eigenvalue weighted by Crippen LogP contribution is -2.42. The van der Waals surface area contributed by atoms with Crippen molar-refractivity contribution in [3.05, 3.63) is 65.2 Å². The van der Waals surface area contributed by atoms with Crippen LogP contribution in [-0.2, 0) is 19.4 Å². The predicted octanol–water partition coefficient (Wildman–Crippen LogP) is 2.44. The summed E-state index contributed by atoms with van der Waals surface area (Å²) in [5.41, 5.74) is 2.25. The highest BCUT2D eigenvalue weighted by Gasteiger charge is 2.25. The van der Waals surface area contributed by atoms with Crippen molar-refractivity contribution in [2.45, 2.75) is 31.2 Å². The fourth-order valence-corrected chi connectivity index (χ4v) is 4.11. The van der Waals surface area contributed by atoms with Crippen molar-refractivity contribution >= 4 is 21.7 Å². The van der Waals surface area contributed by atoms with E-state index in [1.165, 1.54) is 19.2 Å². The van der Waals surface area contributed by atoms with Crippen LogP contribution in [0.2, 0.25) is 0 Å². The second-order valence-electron chi connectivity index (χ2n) is 6.35. The molecule has 144 valence electrons. The van der Waals surface area contributed by atoms with Crippen LogP contribution in [0.15, 0.2) is 53.4 Å². The number of aryl methyl sites for hydroxylation is 2. The summed E-state index contributed by atoms with van der Waals surface area (Å²) in [6.45, 7) is 3.74. The maximum atomic E-state index is 12.5. The third-order valence-electron chi connectivity index (χ3n) is 4.05. The van der Waals surface area contributed by atoms with Gasteiger partial charge < -0.3 is 10.1 Å². The summed E-state index contributed by atoms with van der Waals surface area (Å²) in [5.74, 6) is -1.42. The summed E-state index contributed by atoms with van der Waals surface area (Å²) in [5, 5.41) is 2.58. The van der Waals surface area contributed by atoms with Crippen molar-refractivity contribution in [1.29, 1.82) is 0 Å². The molecule has 0 spiro atoms. The van der Waals surface area contributed by atoms with Crippen molar-refractivity contribution in [2.24, 2.45) is 0 Å². The Kier molecular flexibility index (Phi) is 6.74. The third-order valence-corrected chi connectivity index (χ3v) is 5.82. The maximum absolute atomic E-state index is 12.5. The van der Waals surface area contributed by atoms with E-state index >= 15 is 0 Å². The molecule has 0 saturated heterocycles. The van der Waals surface area contributed by atoms with Gasteiger partial charge in [-0.1, -0.05) is 35.4 Å². The third kappa shape index (κ3) is 5.65. The molecule has 0 heterocycles. The van der Waals surface area contributed by atoms with Crippen LogP contribution in [0.5, 0.6) is 0 Å². The Labute approximate surface area is 159 Å². The molecule has 0 unspecified atom stereocenters. The molecular formula is C20H23NO5S. The molecule has 0 fully saturated rings. The number of methoxy groups -OCH3 is 1. The zero-order valence-electron chi connectivity index (χ0n) is 15.6. The lowest BCUT2D eigenvalue weighted by atomic mass is 10.1. The molecule has 0 aliphatic heterocycles. The van der Waals surface area contributed by atoms with Crippen LogP contribution < -0.4 is 5.32 Å². The summed E-state index contributed by atoms with van der Waals surface area (Å²) in [4.78, 5) is 24.7. The van der Waals surface area contributed by atoms with Gasteiger partial charge in [-0.05, 0) is 44.5 Å². The Morgan fingerprint density at radius 3 is 2.19 bits per heavy atom. The topological polar surface area (TPSA) is 89.5 Å². The molecule has 1 atom stereocenters. The molecule has 0 saturated carbocycles. The molecule has 1 N–H and O–H groups in total. The van der Waals surface area contributed by atoms with Crippen molar-refractivity contribution in [1.82, 2.24) is 5.32 Å². The second-order valence-corrected chi connectivity index (χ2v) is 8.46. The highest BCUT2D eigenvalue weighted by atomic mass is 32.2. The van der Waals surface area contributed by atoms with E-state index in [1.807, 2.05) is 19.9 Å². The van der Waals surface area contributed by atoms with E-state index in [0.717, 1.165) is 11.1 Å². The lowest BCUT2D eigenvalue weighted by molar-refractivity contribution is -0.142. The van der Waals surface area contributed by atoms with Gasteiger partial charge in [-0.3, -0.25) is 4.79 Å². The number of benzene rings is 2. The summed E-state index contributed by atoms with van der Waals surface area (Å²) >= 11 is 0. The summed E-state index contributed by atoms with van der Waals surface area (Å²) in [7, 11) is -2.37. The number of amides is 1. The van der Waals surface area contributed by atoms with Crippen molar-refractivity contribution in [2.75, 3.05) is 12.9 Å². The number of ether oxygens (including phenoxy) is 1. The molecule has 0 aromatic heterocycles. The molecule has 0 radical (unpaired) electrons. The molecule has 2 rings (SSSR count). The molecule has 6 nitrogen and oxygen atoms in total. The Morgan fingerprint density at radius 2 is 1.63 bits per heavy atom. The van der Waals surface area contributed by atoms with Crippen LogP contribution in [0.25, 0.3) is 0 Å². The van der Waals surface area contributed by atoms with Crippen molar-refractivity contribution in [3.63, 3.8) is 0 Å². The highest BCUT2D eigenvalue weighted by molar-refractivity contribution is 7.91. The van der Waals surface area contributed by atoms with Gasteiger partial charge in [0, 0.05) is 5.56 Å². The number of hydrogen-bond donors (Lipinski definition) is 1. The summed E-state index contributed by atoms with van der Waals surface area (Å²) in [6, 6.07) is 12.3. The molecule has 7 heteroatoms. The maximum Gasteiger partial charge on any atom is 0.328 e. The van der Waals surface area contributed by atoms with Crippen molar-refractivity contribution in [3.8, 4) is 0 Å². The Hall–Kier alpha value is -2.67. The zero-order chi connectivity index (χ0) is 20.0. The number of nitrogens with one attached hydrogen (secondary N) is 1. The van der Waals surface area contributed by atoms with Gasteiger partial charge in [-0.2, -0.15) is 0 Å². The first-order valence-corrected chi connectivity index (χ1v) is 10.1. The fourth-order valence-electron chi connectivity index (χ4n) is 2.76. The number of carbonyl (C=O) groups excluding carboxylic acids is 2. The number of carbonyl (C=O) groups is 2. The smallest absolute Gasteiger partial charge is 0.328 e. The first-order chi connectivity index (χ1) is 12.7. The first kappa shape index (κ1) is 20.6. The molecule has 2 aromatic rings. The second kappa shape index (κ2) is 8.81. The van der Waals surface area contributed by atoms with E-state index in [9.17, 15) is 18.0 Å². The van der Waals surface area contributed by atoms with Gasteiger partial charge >= 0.3 is 5.97 Å². The van der Waals surface area contributed by atoms with E-state index < -0.39 is 27.8 Å².